The molecule has 1 aromatic carbocycles. The summed E-state index contributed by atoms with van der Waals surface area (Å²) in [6.45, 7) is 2.03. The molecule has 3 heterocycles. The number of methoxy groups -OCH3 is 1. The molecule has 0 amide bonds. The minimum atomic E-state index is -0.722. The summed E-state index contributed by atoms with van der Waals surface area (Å²) in [4.78, 5) is 18.5. The molecule has 1 aliphatic heterocycles. The van der Waals surface area contributed by atoms with Crippen LogP contribution in [0.3, 0.4) is 0 Å². The van der Waals surface area contributed by atoms with Gasteiger partial charge in [-0.15, -0.1) is 0 Å². The Morgan fingerprint density at radius 1 is 1.36 bits per heavy atom. The number of likely N-dealkylation sites (tertiary alicyclic amines) is 1. The van der Waals surface area contributed by atoms with E-state index in [1.165, 1.54) is 0 Å². The van der Waals surface area contributed by atoms with Crippen LogP contribution in [0.5, 0.6) is 5.75 Å². The summed E-state index contributed by atoms with van der Waals surface area (Å²) in [6.07, 6.45) is 3.49. The van der Waals surface area contributed by atoms with E-state index in [1.54, 1.807) is 7.11 Å². The van der Waals surface area contributed by atoms with Crippen LogP contribution in [0, 0.1) is 5.92 Å². The van der Waals surface area contributed by atoms with E-state index in [2.05, 4.69) is 4.90 Å². The van der Waals surface area contributed by atoms with Crippen molar-refractivity contribution in [3.05, 3.63) is 48.3 Å². The predicted molar refractivity (Wildman–Crippen MR) is 107 cm³/mol. The van der Waals surface area contributed by atoms with Gasteiger partial charge in [-0.1, -0.05) is 12.1 Å². The summed E-state index contributed by atoms with van der Waals surface area (Å²) >= 11 is 0. The number of hydrogen-bond acceptors (Lipinski definition) is 5. The number of hydrogen-bond donors (Lipinski definition) is 2. The van der Waals surface area contributed by atoms with Gasteiger partial charge < -0.3 is 20.0 Å². The zero-order valence-electron chi connectivity index (χ0n) is 15.8. The van der Waals surface area contributed by atoms with Gasteiger partial charge in [-0.25, -0.2) is 4.98 Å². The maximum Gasteiger partial charge on any atom is 0.307 e. The van der Waals surface area contributed by atoms with Crippen LogP contribution in [-0.4, -0.2) is 45.6 Å². The number of aromatic nitrogens is 2. The Bertz CT molecular complexity index is 1010. The lowest BCUT2D eigenvalue weighted by atomic mass is 9.98. The van der Waals surface area contributed by atoms with Crippen LogP contribution < -0.4 is 10.5 Å². The second kappa shape index (κ2) is 7.52. The molecule has 146 valence electrons. The van der Waals surface area contributed by atoms with E-state index in [9.17, 15) is 9.90 Å². The molecule has 7 heteroatoms. The molecule has 3 N–H and O–H groups in total. The van der Waals surface area contributed by atoms with Crippen molar-refractivity contribution in [1.82, 2.24) is 14.3 Å². The molecule has 2 aromatic heterocycles. The normalized spacial score (nSPS) is 17.7. The van der Waals surface area contributed by atoms with Crippen LogP contribution in [0.25, 0.3) is 16.9 Å². The van der Waals surface area contributed by atoms with E-state index in [0.29, 0.717) is 18.8 Å². The van der Waals surface area contributed by atoms with E-state index in [-0.39, 0.29) is 5.92 Å². The largest absolute Gasteiger partial charge is 0.497 e. The highest BCUT2D eigenvalue weighted by molar-refractivity contribution is 5.70. The van der Waals surface area contributed by atoms with Crippen molar-refractivity contribution in [2.45, 2.75) is 19.4 Å². The van der Waals surface area contributed by atoms with Gasteiger partial charge >= 0.3 is 5.97 Å². The summed E-state index contributed by atoms with van der Waals surface area (Å²) in [7, 11) is 1.64. The zero-order valence-corrected chi connectivity index (χ0v) is 15.8. The molecule has 1 fully saturated rings. The third-order valence-electron chi connectivity index (χ3n) is 5.31. The van der Waals surface area contributed by atoms with Gasteiger partial charge in [-0.2, -0.15) is 0 Å². The van der Waals surface area contributed by atoms with Crippen LogP contribution in [0.15, 0.2) is 42.6 Å². The minimum Gasteiger partial charge on any atom is -0.497 e. The number of nitrogens with zero attached hydrogens (tertiary/aromatic N) is 3. The van der Waals surface area contributed by atoms with Crippen LogP contribution >= 0.6 is 0 Å². The Hall–Kier alpha value is -3.06. The molecular weight excluding hydrogens is 356 g/mol. The van der Waals surface area contributed by atoms with Crippen molar-refractivity contribution in [2.75, 3.05) is 25.9 Å². The third-order valence-corrected chi connectivity index (χ3v) is 5.31. The lowest BCUT2D eigenvalue weighted by Crippen LogP contribution is -2.38. The first-order valence-corrected chi connectivity index (χ1v) is 9.41. The number of rotatable bonds is 5. The van der Waals surface area contributed by atoms with Crippen LogP contribution in [0.4, 0.5) is 5.69 Å². The SMILES string of the molecule is COc1cccc(-c2nc3ccc(N)cn3c2CN2CCCC(C(=O)O)C2)c1. The lowest BCUT2D eigenvalue weighted by Gasteiger charge is -2.30. The molecule has 0 spiro atoms. The van der Waals surface area contributed by atoms with E-state index in [0.717, 1.165) is 47.7 Å². The minimum absolute atomic E-state index is 0.321. The molecule has 0 aliphatic carbocycles. The Morgan fingerprint density at radius 2 is 2.21 bits per heavy atom. The Morgan fingerprint density at radius 3 is 3.00 bits per heavy atom. The summed E-state index contributed by atoms with van der Waals surface area (Å²) in [6, 6.07) is 11.6. The van der Waals surface area contributed by atoms with E-state index in [4.69, 9.17) is 15.5 Å². The topological polar surface area (TPSA) is 93.1 Å². The van der Waals surface area contributed by atoms with Gasteiger partial charge in [-0.05, 0) is 43.7 Å². The summed E-state index contributed by atoms with van der Waals surface area (Å²) in [5.41, 5.74) is 10.3. The van der Waals surface area contributed by atoms with Crippen molar-refractivity contribution in [3.8, 4) is 17.0 Å². The van der Waals surface area contributed by atoms with Gasteiger partial charge in [-0.3, -0.25) is 9.69 Å². The maximum absolute atomic E-state index is 11.4. The average molecular weight is 380 g/mol. The van der Waals surface area contributed by atoms with Crippen molar-refractivity contribution in [2.24, 2.45) is 5.92 Å². The number of nitrogen functional groups attached to an aromatic ring is 1. The van der Waals surface area contributed by atoms with Gasteiger partial charge in [0.05, 0.1) is 24.4 Å². The second-order valence-electron chi connectivity index (χ2n) is 7.24. The number of imidazole rings is 1. The number of ether oxygens (including phenoxy) is 1. The number of piperidine rings is 1. The van der Waals surface area contributed by atoms with Crippen LogP contribution in [0.2, 0.25) is 0 Å². The smallest absolute Gasteiger partial charge is 0.307 e. The molecular formula is C21H24N4O3. The first kappa shape index (κ1) is 18.3. The Kier molecular flexibility index (Phi) is 4.92. The highest BCUT2D eigenvalue weighted by Crippen LogP contribution is 2.30. The molecule has 1 aliphatic rings. The predicted octanol–water partition coefficient (Wildman–Crippen LogP) is 2.89. The third kappa shape index (κ3) is 3.53. The Balaban J connectivity index is 1.76. The fourth-order valence-electron chi connectivity index (χ4n) is 3.87. The zero-order chi connectivity index (χ0) is 19.7. The van der Waals surface area contributed by atoms with Gasteiger partial charge in [0.1, 0.15) is 11.4 Å². The highest BCUT2D eigenvalue weighted by atomic mass is 16.5. The number of benzene rings is 1. The van der Waals surface area contributed by atoms with Crippen molar-refractivity contribution in [3.63, 3.8) is 0 Å². The number of fused-ring (bicyclic) bond motifs is 1. The summed E-state index contributed by atoms with van der Waals surface area (Å²) in [5, 5.41) is 9.41. The Labute approximate surface area is 163 Å². The standard InChI is InChI=1S/C21H24N4O3/c1-28-17-6-2-4-14(10-17)20-18(25-12-16(22)7-8-19(25)23-20)13-24-9-3-5-15(11-24)21(26)27/h2,4,6-8,10,12,15H,3,5,9,11,13,22H2,1H3,(H,26,27). The number of aliphatic carboxylic acids is 1. The molecule has 4 rings (SSSR count). The fraction of sp³-hybridized carbons (Fsp3) is 0.333. The average Bonchev–Trinajstić information content (AvgIpc) is 3.06. The quantitative estimate of drug-likeness (QED) is 0.707. The monoisotopic (exact) mass is 380 g/mol. The van der Waals surface area contributed by atoms with E-state index < -0.39 is 5.97 Å². The number of carboxylic acids is 1. The second-order valence-corrected chi connectivity index (χ2v) is 7.24. The van der Waals surface area contributed by atoms with Gasteiger partial charge in [0.25, 0.3) is 0 Å². The van der Waals surface area contributed by atoms with Gasteiger partial charge in [0.15, 0.2) is 0 Å². The van der Waals surface area contributed by atoms with E-state index in [1.807, 2.05) is 47.0 Å². The highest BCUT2D eigenvalue weighted by Gasteiger charge is 2.27. The lowest BCUT2D eigenvalue weighted by molar-refractivity contribution is -0.143. The first-order valence-electron chi connectivity index (χ1n) is 9.41. The number of carbonyl (C=O) groups is 1. The number of nitrogens with two attached hydrogens (primary N) is 1. The number of carboxylic acid groups (broad SMARTS) is 1. The fourth-order valence-corrected chi connectivity index (χ4v) is 3.87. The summed E-state index contributed by atoms with van der Waals surface area (Å²) in [5.74, 6) is -0.276. The first-order chi connectivity index (χ1) is 13.5. The molecule has 28 heavy (non-hydrogen) atoms. The van der Waals surface area contributed by atoms with Crippen molar-refractivity contribution < 1.29 is 14.6 Å². The summed E-state index contributed by atoms with van der Waals surface area (Å²) < 4.78 is 7.38. The molecule has 0 radical (unpaired) electrons. The molecule has 7 nitrogen and oxygen atoms in total. The van der Waals surface area contributed by atoms with Crippen molar-refractivity contribution >= 4 is 17.3 Å². The van der Waals surface area contributed by atoms with Crippen LogP contribution in [0.1, 0.15) is 18.5 Å². The van der Waals surface area contributed by atoms with Gasteiger partial charge in [0, 0.05) is 30.5 Å². The molecule has 0 saturated carbocycles. The molecule has 1 saturated heterocycles. The van der Waals surface area contributed by atoms with Crippen LogP contribution in [-0.2, 0) is 11.3 Å². The maximum atomic E-state index is 11.4. The number of anilines is 1. The molecule has 1 atom stereocenters. The molecule has 3 aromatic rings. The molecule has 0 bridgehead atoms. The van der Waals surface area contributed by atoms with Crippen molar-refractivity contribution in [1.29, 1.82) is 0 Å². The van der Waals surface area contributed by atoms with Gasteiger partial charge in [0.2, 0.25) is 0 Å². The number of pyridine rings is 1. The van der Waals surface area contributed by atoms with E-state index >= 15 is 0 Å². The molecule has 1 unspecified atom stereocenters.